The SMILES string of the molecule is COc1ccc2nc(SCC(=O)Nc3cccc(F)c3)c(C#N)cc2c1. The molecule has 0 spiro atoms. The summed E-state index contributed by atoms with van der Waals surface area (Å²) >= 11 is 1.16. The van der Waals surface area contributed by atoms with Gasteiger partial charge in [-0.3, -0.25) is 4.79 Å². The average molecular weight is 367 g/mol. The number of thioether (sulfide) groups is 1. The van der Waals surface area contributed by atoms with E-state index in [0.29, 0.717) is 27.5 Å². The quantitative estimate of drug-likeness (QED) is 0.690. The Morgan fingerprint density at radius 2 is 2.15 bits per heavy atom. The number of fused-ring (bicyclic) bond motifs is 1. The van der Waals surface area contributed by atoms with Gasteiger partial charge in [0.2, 0.25) is 5.91 Å². The van der Waals surface area contributed by atoms with Crippen LogP contribution in [0.25, 0.3) is 10.9 Å². The lowest BCUT2D eigenvalue weighted by molar-refractivity contribution is -0.113. The molecule has 3 rings (SSSR count). The molecule has 0 radical (unpaired) electrons. The fourth-order valence-electron chi connectivity index (χ4n) is 2.35. The smallest absolute Gasteiger partial charge is 0.234 e. The first-order valence-corrected chi connectivity index (χ1v) is 8.65. The van der Waals surface area contributed by atoms with Gasteiger partial charge in [0, 0.05) is 11.1 Å². The minimum atomic E-state index is -0.422. The molecule has 0 unspecified atom stereocenters. The molecule has 1 heterocycles. The second-order valence-electron chi connectivity index (χ2n) is 5.36. The summed E-state index contributed by atoms with van der Waals surface area (Å²) in [5.74, 6) is 0.00729. The number of carbonyl (C=O) groups is 1. The van der Waals surface area contributed by atoms with Crippen molar-refractivity contribution in [1.82, 2.24) is 4.98 Å². The molecule has 3 aromatic rings. The number of hydrogen-bond donors (Lipinski definition) is 1. The molecular weight excluding hydrogens is 353 g/mol. The van der Waals surface area contributed by atoms with Crippen molar-refractivity contribution in [2.24, 2.45) is 0 Å². The fourth-order valence-corrected chi connectivity index (χ4v) is 3.11. The Morgan fingerprint density at radius 1 is 1.31 bits per heavy atom. The van der Waals surface area contributed by atoms with E-state index in [1.807, 2.05) is 0 Å². The Bertz CT molecular complexity index is 1020. The van der Waals surface area contributed by atoms with Crippen LogP contribution >= 0.6 is 11.8 Å². The number of ether oxygens (including phenoxy) is 1. The lowest BCUT2D eigenvalue weighted by atomic mass is 10.1. The minimum absolute atomic E-state index is 0.0554. The Kier molecular flexibility index (Phi) is 5.34. The fraction of sp³-hybridized carbons (Fsp3) is 0.105. The number of anilines is 1. The zero-order valence-electron chi connectivity index (χ0n) is 13.8. The molecule has 1 aromatic heterocycles. The minimum Gasteiger partial charge on any atom is -0.497 e. The summed E-state index contributed by atoms with van der Waals surface area (Å²) in [6, 6.07) is 14.9. The van der Waals surface area contributed by atoms with Gasteiger partial charge in [0.1, 0.15) is 22.7 Å². The summed E-state index contributed by atoms with van der Waals surface area (Å²) in [5, 5.41) is 13.2. The molecule has 0 atom stereocenters. The summed E-state index contributed by atoms with van der Waals surface area (Å²) in [6.45, 7) is 0. The maximum atomic E-state index is 13.2. The first kappa shape index (κ1) is 17.7. The number of aromatic nitrogens is 1. The lowest BCUT2D eigenvalue weighted by Crippen LogP contribution is -2.14. The van der Waals surface area contributed by atoms with E-state index in [0.717, 1.165) is 17.1 Å². The molecule has 1 N–H and O–H groups in total. The van der Waals surface area contributed by atoms with Gasteiger partial charge in [-0.15, -0.1) is 0 Å². The molecule has 26 heavy (non-hydrogen) atoms. The molecule has 0 aliphatic heterocycles. The van der Waals surface area contributed by atoms with Crippen molar-refractivity contribution in [3.8, 4) is 11.8 Å². The van der Waals surface area contributed by atoms with Gasteiger partial charge in [-0.1, -0.05) is 17.8 Å². The van der Waals surface area contributed by atoms with Crippen molar-refractivity contribution in [2.45, 2.75) is 5.03 Å². The highest BCUT2D eigenvalue weighted by Gasteiger charge is 2.11. The number of hydrogen-bond acceptors (Lipinski definition) is 5. The van der Waals surface area contributed by atoms with Crippen LogP contribution in [0.2, 0.25) is 0 Å². The highest BCUT2D eigenvalue weighted by molar-refractivity contribution is 8.00. The Morgan fingerprint density at radius 3 is 2.88 bits per heavy atom. The molecule has 0 bridgehead atoms. The van der Waals surface area contributed by atoms with Crippen LogP contribution in [-0.4, -0.2) is 23.8 Å². The first-order chi connectivity index (χ1) is 12.6. The number of methoxy groups -OCH3 is 1. The number of pyridine rings is 1. The van der Waals surface area contributed by atoms with E-state index in [2.05, 4.69) is 16.4 Å². The zero-order valence-corrected chi connectivity index (χ0v) is 14.6. The molecule has 0 aliphatic carbocycles. The van der Waals surface area contributed by atoms with Crippen LogP contribution in [0.3, 0.4) is 0 Å². The molecule has 5 nitrogen and oxygen atoms in total. The van der Waals surface area contributed by atoms with Gasteiger partial charge < -0.3 is 10.1 Å². The Hall–Kier alpha value is -3.11. The van der Waals surface area contributed by atoms with Crippen molar-refractivity contribution < 1.29 is 13.9 Å². The molecule has 0 fully saturated rings. The summed E-state index contributed by atoms with van der Waals surface area (Å²) in [5.41, 5.74) is 1.47. The number of carbonyl (C=O) groups excluding carboxylic acids is 1. The van der Waals surface area contributed by atoms with Gasteiger partial charge >= 0.3 is 0 Å². The second kappa shape index (κ2) is 7.85. The third-order valence-corrected chi connectivity index (χ3v) is 4.55. The molecule has 1 amide bonds. The van der Waals surface area contributed by atoms with E-state index < -0.39 is 5.82 Å². The molecule has 0 saturated carbocycles. The Labute approximate surface area is 153 Å². The van der Waals surface area contributed by atoms with Gasteiger partial charge in [0.25, 0.3) is 0 Å². The van der Waals surface area contributed by atoms with Crippen LogP contribution in [0, 0.1) is 17.1 Å². The highest BCUT2D eigenvalue weighted by atomic mass is 32.2. The third kappa shape index (κ3) is 4.10. The number of nitrogens with one attached hydrogen (secondary N) is 1. The maximum Gasteiger partial charge on any atom is 0.234 e. The number of nitrogens with zero attached hydrogens (tertiary/aromatic N) is 2. The third-order valence-electron chi connectivity index (χ3n) is 3.56. The number of nitriles is 1. The van der Waals surface area contributed by atoms with Gasteiger partial charge in [-0.05, 0) is 42.5 Å². The van der Waals surface area contributed by atoms with Crippen LogP contribution < -0.4 is 10.1 Å². The summed E-state index contributed by atoms with van der Waals surface area (Å²) in [7, 11) is 1.57. The standard InChI is InChI=1S/C19H14FN3O2S/c1-25-16-5-6-17-12(8-16)7-13(10-21)19(23-17)26-11-18(24)22-15-4-2-3-14(20)9-15/h2-9H,11H2,1H3,(H,22,24). The highest BCUT2D eigenvalue weighted by Crippen LogP contribution is 2.27. The monoisotopic (exact) mass is 367 g/mol. The van der Waals surface area contributed by atoms with Crippen molar-refractivity contribution in [3.63, 3.8) is 0 Å². The van der Waals surface area contributed by atoms with Crippen molar-refractivity contribution in [3.05, 3.63) is 59.9 Å². The molecule has 7 heteroatoms. The van der Waals surface area contributed by atoms with Crippen LogP contribution in [0.4, 0.5) is 10.1 Å². The second-order valence-corrected chi connectivity index (χ2v) is 6.32. The summed E-state index contributed by atoms with van der Waals surface area (Å²) < 4.78 is 18.3. The van der Waals surface area contributed by atoms with Crippen LogP contribution in [0.15, 0.2) is 53.6 Å². The summed E-state index contributed by atoms with van der Waals surface area (Å²) in [6.07, 6.45) is 0. The average Bonchev–Trinajstić information content (AvgIpc) is 2.65. The van der Waals surface area contributed by atoms with Crippen LogP contribution in [-0.2, 0) is 4.79 Å². The van der Waals surface area contributed by atoms with Gasteiger partial charge in [-0.25, -0.2) is 9.37 Å². The van der Waals surface area contributed by atoms with Crippen molar-refractivity contribution in [2.75, 3.05) is 18.2 Å². The van der Waals surface area contributed by atoms with E-state index >= 15 is 0 Å². The predicted molar refractivity (Wildman–Crippen MR) is 98.8 cm³/mol. The van der Waals surface area contributed by atoms with E-state index in [1.54, 1.807) is 37.4 Å². The molecule has 0 saturated heterocycles. The van der Waals surface area contributed by atoms with Crippen molar-refractivity contribution in [1.29, 1.82) is 5.26 Å². The van der Waals surface area contributed by atoms with E-state index in [-0.39, 0.29) is 11.7 Å². The number of rotatable bonds is 5. The van der Waals surface area contributed by atoms with Crippen LogP contribution in [0.1, 0.15) is 5.56 Å². The van der Waals surface area contributed by atoms with Gasteiger partial charge in [0.05, 0.1) is 23.9 Å². The van der Waals surface area contributed by atoms with E-state index in [4.69, 9.17) is 4.74 Å². The topological polar surface area (TPSA) is 75.0 Å². The zero-order chi connectivity index (χ0) is 18.5. The van der Waals surface area contributed by atoms with Crippen LogP contribution in [0.5, 0.6) is 5.75 Å². The normalized spacial score (nSPS) is 10.3. The lowest BCUT2D eigenvalue weighted by Gasteiger charge is -2.08. The van der Waals surface area contributed by atoms with E-state index in [1.165, 1.54) is 18.2 Å². The van der Waals surface area contributed by atoms with E-state index in [9.17, 15) is 14.4 Å². The number of amides is 1. The molecule has 130 valence electrons. The van der Waals surface area contributed by atoms with Gasteiger partial charge in [0.15, 0.2) is 0 Å². The largest absolute Gasteiger partial charge is 0.497 e. The van der Waals surface area contributed by atoms with Crippen molar-refractivity contribution >= 4 is 34.3 Å². The predicted octanol–water partition coefficient (Wildman–Crippen LogP) is 3.98. The summed E-state index contributed by atoms with van der Waals surface area (Å²) in [4.78, 5) is 16.5. The molecule has 2 aromatic carbocycles. The van der Waals surface area contributed by atoms with Gasteiger partial charge in [-0.2, -0.15) is 5.26 Å². The maximum absolute atomic E-state index is 13.2. The molecule has 0 aliphatic rings. The molecular formula is C19H14FN3O2S. The first-order valence-electron chi connectivity index (χ1n) is 7.66. The number of halogens is 1. The Balaban J connectivity index is 1.75. The number of benzene rings is 2.